The van der Waals surface area contributed by atoms with Crippen LogP contribution in [0.2, 0.25) is 0 Å². The molecule has 0 bridgehead atoms. The number of fused-ring (bicyclic) bond motifs is 8. The molecule has 0 atom stereocenters. The summed E-state index contributed by atoms with van der Waals surface area (Å²) in [5.74, 6) is 0.627. The van der Waals surface area contributed by atoms with Crippen molar-refractivity contribution in [2.45, 2.75) is 0 Å². The van der Waals surface area contributed by atoms with Gasteiger partial charge in [-0.15, -0.1) is 0 Å². The topological polar surface area (TPSA) is 29.3 Å². The molecule has 0 radical (unpaired) electrons. The van der Waals surface area contributed by atoms with E-state index in [4.69, 9.17) is 9.40 Å². The standard InChI is InChI=1S/C53H34N2O/c1-4-12-35(13-5-1)40-18-10-19-44(33-40)55(45-29-26-42-32-41(24-25-43(42)34-45)36-14-6-2-7-15-36)49-21-11-20-47-46(49)30-27-37-22-23-38-28-31-48-52(51(38)50(37)47)56-53(54-48)39-16-8-3-9-17-39/h1-34H. The second kappa shape index (κ2) is 13.1. The van der Waals surface area contributed by atoms with E-state index in [-0.39, 0.29) is 0 Å². The van der Waals surface area contributed by atoms with Gasteiger partial charge in [-0.2, -0.15) is 0 Å². The number of hydrogen-bond donors (Lipinski definition) is 0. The Morgan fingerprint density at radius 1 is 0.357 bits per heavy atom. The Labute approximate surface area is 324 Å². The van der Waals surface area contributed by atoms with Crippen molar-refractivity contribution in [3.8, 4) is 33.7 Å². The number of nitrogens with zero attached hydrogens (tertiary/aromatic N) is 2. The van der Waals surface area contributed by atoms with E-state index in [9.17, 15) is 0 Å². The summed E-state index contributed by atoms with van der Waals surface area (Å²) < 4.78 is 6.65. The van der Waals surface area contributed by atoms with Crippen LogP contribution in [0.3, 0.4) is 0 Å². The molecule has 0 fully saturated rings. The predicted molar refractivity (Wildman–Crippen MR) is 235 cm³/mol. The van der Waals surface area contributed by atoms with E-state index in [1.165, 1.54) is 33.0 Å². The van der Waals surface area contributed by atoms with Gasteiger partial charge in [-0.1, -0.05) is 152 Å². The monoisotopic (exact) mass is 714 g/mol. The molecule has 0 amide bonds. The Hall–Kier alpha value is -7.49. The van der Waals surface area contributed by atoms with Crippen molar-refractivity contribution in [1.29, 1.82) is 0 Å². The molecule has 3 nitrogen and oxygen atoms in total. The summed E-state index contributed by atoms with van der Waals surface area (Å²) in [6, 6.07) is 73.6. The molecular formula is C53H34N2O. The lowest BCUT2D eigenvalue weighted by Gasteiger charge is -2.28. The van der Waals surface area contributed by atoms with Crippen molar-refractivity contribution in [3.63, 3.8) is 0 Å². The fourth-order valence-electron chi connectivity index (χ4n) is 8.32. The highest BCUT2D eigenvalue weighted by Crippen LogP contribution is 2.45. The quantitative estimate of drug-likeness (QED) is 0.161. The lowest BCUT2D eigenvalue weighted by atomic mass is 9.94. The van der Waals surface area contributed by atoms with Crippen LogP contribution in [0.1, 0.15) is 0 Å². The normalized spacial score (nSPS) is 11.6. The Bertz CT molecular complexity index is 3240. The van der Waals surface area contributed by atoms with Crippen LogP contribution in [0.15, 0.2) is 211 Å². The SMILES string of the molecule is c1ccc(-c2cccc(N(c3ccc4cc(-c5ccccc5)ccc4c3)c3cccc4c3ccc3ccc5ccc6nc(-c7ccccc7)oc6c5c34)c2)cc1. The van der Waals surface area contributed by atoms with Crippen LogP contribution in [0.25, 0.3) is 87.9 Å². The van der Waals surface area contributed by atoms with E-state index in [1.807, 2.05) is 30.3 Å². The minimum Gasteiger partial charge on any atom is -0.435 e. The van der Waals surface area contributed by atoms with Crippen molar-refractivity contribution < 1.29 is 4.42 Å². The molecule has 11 rings (SSSR count). The molecule has 0 aliphatic rings. The van der Waals surface area contributed by atoms with Crippen LogP contribution >= 0.6 is 0 Å². The molecule has 11 aromatic rings. The maximum Gasteiger partial charge on any atom is 0.227 e. The molecule has 0 saturated carbocycles. The number of oxazole rings is 1. The van der Waals surface area contributed by atoms with E-state index in [0.29, 0.717) is 5.89 Å². The molecule has 0 N–H and O–H groups in total. The molecule has 262 valence electrons. The third-order valence-corrected chi connectivity index (χ3v) is 11.0. The molecule has 0 aliphatic heterocycles. The van der Waals surface area contributed by atoms with Crippen molar-refractivity contribution in [2.75, 3.05) is 4.90 Å². The first kappa shape index (κ1) is 32.0. The highest BCUT2D eigenvalue weighted by atomic mass is 16.3. The van der Waals surface area contributed by atoms with Crippen LogP contribution < -0.4 is 4.90 Å². The second-order valence-electron chi connectivity index (χ2n) is 14.4. The maximum absolute atomic E-state index is 6.65. The van der Waals surface area contributed by atoms with Crippen LogP contribution in [-0.2, 0) is 0 Å². The zero-order chi connectivity index (χ0) is 37.0. The molecule has 1 aromatic heterocycles. The summed E-state index contributed by atoms with van der Waals surface area (Å²) >= 11 is 0. The van der Waals surface area contributed by atoms with Crippen LogP contribution in [-0.4, -0.2) is 4.98 Å². The molecule has 10 aromatic carbocycles. The van der Waals surface area contributed by atoms with E-state index < -0.39 is 0 Å². The first-order valence-corrected chi connectivity index (χ1v) is 19.0. The first-order valence-electron chi connectivity index (χ1n) is 19.0. The highest BCUT2D eigenvalue weighted by Gasteiger charge is 2.20. The smallest absolute Gasteiger partial charge is 0.227 e. The number of rotatable bonds is 6. The Kier molecular flexibility index (Phi) is 7.49. The van der Waals surface area contributed by atoms with Gasteiger partial charge >= 0.3 is 0 Å². The molecule has 0 unspecified atom stereocenters. The minimum absolute atomic E-state index is 0.627. The fourth-order valence-corrected chi connectivity index (χ4v) is 8.32. The van der Waals surface area contributed by atoms with E-state index in [1.54, 1.807) is 0 Å². The molecular weight excluding hydrogens is 681 g/mol. The second-order valence-corrected chi connectivity index (χ2v) is 14.4. The Balaban J connectivity index is 1.15. The third-order valence-electron chi connectivity index (χ3n) is 11.0. The number of aromatic nitrogens is 1. The van der Waals surface area contributed by atoms with Crippen molar-refractivity contribution in [2.24, 2.45) is 0 Å². The van der Waals surface area contributed by atoms with Gasteiger partial charge in [0.05, 0.1) is 5.69 Å². The first-order chi connectivity index (χ1) is 27.7. The molecule has 1 heterocycles. The predicted octanol–water partition coefficient (Wildman–Crippen LogP) is 14.9. The lowest BCUT2D eigenvalue weighted by Crippen LogP contribution is -2.10. The Morgan fingerprint density at radius 3 is 1.70 bits per heavy atom. The van der Waals surface area contributed by atoms with Crippen LogP contribution in [0.5, 0.6) is 0 Å². The summed E-state index contributed by atoms with van der Waals surface area (Å²) in [4.78, 5) is 7.36. The minimum atomic E-state index is 0.627. The van der Waals surface area contributed by atoms with E-state index in [0.717, 1.165) is 66.0 Å². The molecule has 56 heavy (non-hydrogen) atoms. The maximum atomic E-state index is 6.65. The molecule has 0 saturated heterocycles. The van der Waals surface area contributed by atoms with Gasteiger partial charge in [0.15, 0.2) is 5.58 Å². The summed E-state index contributed by atoms with van der Waals surface area (Å²) in [6.07, 6.45) is 0. The van der Waals surface area contributed by atoms with Gasteiger partial charge in [0.2, 0.25) is 5.89 Å². The van der Waals surface area contributed by atoms with Crippen LogP contribution in [0, 0.1) is 0 Å². The zero-order valence-corrected chi connectivity index (χ0v) is 30.4. The van der Waals surface area contributed by atoms with Gasteiger partial charge in [-0.05, 0) is 104 Å². The van der Waals surface area contributed by atoms with Crippen molar-refractivity contribution in [1.82, 2.24) is 4.98 Å². The van der Waals surface area contributed by atoms with Crippen LogP contribution in [0.4, 0.5) is 17.1 Å². The number of anilines is 3. The Morgan fingerprint density at radius 2 is 0.929 bits per heavy atom. The van der Waals surface area contributed by atoms with Crippen molar-refractivity contribution >= 4 is 71.3 Å². The molecule has 0 spiro atoms. The van der Waals surface area contributed by atoms with E-state index in [2.05, 4.69) is 181 Å². The average molecular weight is 715 g/mol. The van der Waals surface area contributed by atoms with Gasteiger partial charge in [0, 0.05) is 33.1 Å². The number of hydrogen-bond acceptors (Lipinski definition) is 3. The number of benzene rings is 10. The van der Waals surface area contributed by atoms with Gasteiger partial charge < -0.3 is 9.32 Å². The van der Waals surface area contributed by atoms with Gasteiger partial charge in [-0.3, -0.25) is 0 Å². The highest BCUT2D eigenvalue weighted by molar-refractivity contribution is 6.27. The van der Waals surface area contributed by atoms with Crippen molar-refractivity contribution in [3.05, 3.63) is 206 Å². The summed E-state index contributed by atoms with van der Waals surface area (Å²) in [7, 11) is 0. The van der Waals surface area contributed by atoms with Gasteiger partial charge in [-0.25, -0.2) is 4.98 Å². The summed E-state index contributed by atoms with van der Waals surface area (Å²) in [5, 5.41) is 9.22. The zero-order valence-electron chi connectivity index (χ0n) is 30.4. The summed E-state index contributed by atoms with van der Waals surface area (Å²) in [6.45, 7) is 0. The van der Waals surface area contributed by atoms with Gasteiger partial charge in [0.1, 0.15) is 5.52 Å². The average Bonchev–Trinajstić information content (AvgIpc) is 3.72. The third kappa shape index (κ3) is 5.40. The van der Waals surface area contributed by atoms with E-state index >= 15 is 0 Å². The summed E-state index contributed by atoms with van der Waals surface area (Å²) in [5.41, 5.74) is 10.7. The van der Waals surface area contributed by atoms with Gasteiger partial charge in [0.25, 0.3) is 0 Å². The molecule has 3 heteroatoms. The lowest BCUT2D eigenvalue weighted by molar-refractivity contribution is 0.623. The fraction of sp³-hybridized carbons (Fsp3) is 0. The molecule has 0 aliphatic carbocycles. The largest absolute Gasteiger partial charge is 0.435 e.